The second-order valence-corrected chi connectivity index (χ2v) is 7.19. The van der Waals surface area contributed by atoms with Gasteiger partial charge in [0.25, 0.3) is 0 Å². The normalized spacial score (nSPS) is 10.8. The van der Waals surface area contributed by atoms with Gasteiger partial charge in [-0.3, -0.25) is 0 Å². The van der Waals surface area contributed by atoms with Gasteiger partial charge in [0.2, 0.25) is 5.95 Å². The highest BCUT2D eigenvalue weighted by atomic mass is 35.5. The zero-order chi connectivity index (χ0) is 20.4. The Morgan fingerprint density at radius 3 is 2.41 bits per heavy atom. The molecule has 8 heteroatoms. The minimum absolute atomic E-state index is 0.442. The molecule has 2 heterocycles. The van der Waals surface area contributed by atoms with Crippen molar-refractivity contribution < 1.29 is 4.74 Å². The molecule has 0 aliphatic rings. The first-order valence-electron chi connectivity index (χ1n) is 8.79. The maximum Gasteiger partial charge on any atom is 0.227 e. The molecule has 0 unspecified atom stereocenters. The number of hydrogen-bond acceptors (Lipinski definition) is 5. The molecule has 0 radical (unpaired) electrons. The molecule has 0 fully saturated rings. The average Bonchev–Trinajstić information content (AvgIpc) is 3.09. The lowest BCUT2D eigenvalue weighted by molar-refractivity contribution is 0.414. The number of nitrogens with one attached hydrogen (secondary N) is 1. The van der Waals surface area contributed by atoms with E-state index in [1.54, 1.807) is 31.5 Å². The van der Waals surface area contributed by atoms with Crippen molar-refractivity contribution in [2.24, 2.45) is 0 Å². The van der Waals surface area contributed by atoms with Gasteiger partial charge in [-0.15, -0.1) is 0 Å². The summed E-state index contributed by atoms with van der Waals surface area (Å²) in [6.07, 6.45) is 3.64. The van der Waals surface area contributed by atoms with E-state index >= 15 is 0 Å². The van der Waals surface area contributed by atoms with Crippen LogP contribution in [0.1, 0.15) is 5.69 Å². The van der Waals surface area contributed by atoms with Crippen molar-refractivity contribution in [1.82, 2.24) is 19.7 Å². The maximum absolute atomic E-state index is 6.06. The standard InChI is InChI=1S/C21H17Cl2N5O/c1-13-19(12-28(27-13)17-3-5-18(29-2)6-4-17)20-7-8-24-21(26-20)25-16-10-14(22)9-15(23)11-16/h3-12H,1-2H3,(H,24,25,26). The summed E-state index contributed by atoms with van der Waals surface area (Å²) in [5, 5.41) is 8.81. The van der Waals surface area contributed by atoms with Crippen LogP contribution in [0, 0.1) is 6.92 Å². The highest BCUT2D eigenvalue weighted by molar-refractivity contribution is 6.35. The Bertz CT molecular complexity index is 1140. The lowest BCUT2D eigenvalue weighted by Crippen LogP contribution is -1.98. The van der Waals surface area contributed by atoms with E-state index in [-0.39, 0.29) is 0 Å². The Labute approximate surface area is 178 Å². The topological polar surface area (TPSA) is 64.9 Å². The highest BCUT2D eigenvalue weighted by Crippen LogP contribution is 2.26. The Hall–Kier alpha value is -3.09. The average molecular weight is 426 g/mol. The van der Waals surface area contributed by atoms with Crippen LogP contribution in [0.3, 0.4) is 0 Å². The number of hydrogen-bond donors (Lipinski definition) is 1. The molecule has 0 saturated heterocycles. The van der Waals surface area contributed by atoms with Crippen LogP contribution in [0.4, 0.5) is 11.6 Å². The number of aryl methyl sites for hydroxylation is 1. The summed E-state index contributed by atoms with van der Waals surface area (Å²) in [6, 6.07) is 14.7. The Balaban J connectivity index is 1.63. The maximum atomic E-state index is 6.06. The van der Waals surface area contributed by atoms with E-state index in [0.717, 1.165) is 28.4 Å². The minimum Gasteiger partial charge on any atom is -0.497 e. The van der Waals surface area contributed by atoms with Crippen molar-refractivity contribution in [2.75, 3.05) is 12.4 Å². The molecule has 0 saturated carbocycles. The van der Waals surface area contributed by atoms with Crippen molar-refractivity contribution in [1.29, 1.82) is 0 Å². The second-order valence-electron chi connectivity index (χ2n) is 6.32. The summed E-state index contributed by atoms with van der Waals surface area (Å²) in [5.41, 5.74) is 4.17. The van der Waals surface area contributed by atoms with E-state index < -0.39 is 0 Å². The van der Waals surface area contributed by atoms with Gasteiger partial charge in [0.1, 0.15) is 5.75 Å². The molecule has 0 bridgehead atoms. The number of methoxy groups -OCH3 is 1. The predicted octanol–water partition coefficient (Wildman–Crippen LogP) is 5.70. The molecule has 0 aliphatic heterocycles. The van der Waals surface area contributed by atoms with Crippen molar-refractivity contribution in [3.05, 3.63) is 76.7 Å². The molecule has 0 amide bonds. The van der Waals surface area contributed by atoms with Crippen molar-refractivity contribution in [3.8, 4) is 22.7 Å². The summed E-state index contributed by atoms with van der Waals surface area (Å²) in [6.45, 7) is 1.95. The summed E-state index contributed by atoms with van der Waals surface area (Å²) in [7, 11) is 1.64. The van der Waals surface area contributed by atoms with E-state index in [9.17, 15) is 0 Å². The first-order chi connectivity index (χ1) is 14.0. The number of anilines is 2. The van der Waals surface area contributed by atoms with Crippen molar-refractivity contribution in [2.45, 2.75) is 6.92 Å². The summed E-state index contributed by atoms with van der Waals surface area (Å²) < 4.78 is 7.03. The van der Waals surface area contributed by atoms with Crippen LogP contribution in [0.2, 0.25) is 10.0 Å². The van der Waals surface area contributed by atoms with Crippen LogP contribution in [0.15, 0.2) is 60.9 Å². The van der Waals surface area contributed by atoms with Gasteiger partial charge in [-0.2, -0.15) is 5.10 Å². The molecule has 29 heavy (non-hydrogen) atoms. The van der Waals surface area contributed by atoms with Gasteiger partial charge in [-0.05, 0) is 55.5 Å². The fourth-order valence-electron chi connectivity index (χ4n) is 2.90. The van der Waals surface area contributed by atoms with E-state index in [4.69, 9.17) is 27.9 Å². The van der Waals surface area contributed by atoms with E-state index in [1.807, 2.05) is 48.1 Å². The highest BCUT2D eigenvalue weighted by Gasteiger charge is 2.11. The fourth-order valence-corrected chi connectivity index (χ4v) is 3.43. The number of nitrogens with zero attached hydrogens (tertiary/aromatic N) is 4. The van der Waals surface area contributed by atoms with Gasteiger partial charge in [0, 0.05) is 33.7 Å². The zero-order valence-corrected chi connectivity index (χ0v) is 17.2. The first-order valence-corrected chi connectivity index (χ1v) is 9.54. The molecule has 4 aromatic rings. The third-order valence-corrected chi connectivity index (χ3v) is 4.72. The summed E-state index contributed by atoms with van der Waals surface area (Å²) in [4.78, 5) is 8.89. The van der Waals surface area contributed by atoms with E-state index in [2.05, 4.69) is 20.4 Å². The molecule has 0 aliphatic carbocycles. The van der Waals surface area contributed by atoms with Crippen LogP contribution in [-0.4, -0.2) is 26.9 Å². The monoisotopic (exact) mass is 425 g/mol. The molecule has 1 N–H and O–H groups in total. The largest absolute Gasteiger partial charge is 0.497 e. The third kappa shape index (κ3) is 4.34. The van der Waals surface area contributed by atoms with Crippen LogP contribution in [-0.2, 0) is 0 Å². The SMILES string of the molecule is COc1ccc(-n2cc(-c3ccnc(Nc4cc(Cl)cc(Cl)c4)n3)c(C)n2)cc1. The van der Waals surface area contributed by atoms with Crippen LogP contribution >= 0.6 is 23.2 Å². The first kappa shape index (κ1) is 19.2. The van der Waals surface area contributed by atoms with Crippen molar-refractivity contribution in [3.63, 3.8) is 0 Å². The van der Waals surface area contributed by atoms with Gasteiger partial charge in [-0.1, -0.05) is 23.2 Å². The molecule has 146 valence electrons. The van der Waals surface area contributed by atoms with Gasteiger partial charge >= 0.3 is 0 Å². The molecule has 4 rings (SSSR count). The molecule has 0 spiro atoms. The number of rotatable bonds is 5. The quantitative estimate of drug-likeness (QED) is 0.444. The number of ether oxygens (including phenoxy) is 1. The molecule has 2 aromatic carbocycles. The lowest BCUT2D eigenvalue weighted by atomic mass is 10.2. The minimum atomic E-state index is 0.442. The van der Waals surface area contributed by atoms with Crippen LogP contribution in [0.5, 0.6) is 5.75 Å². The number of aromatic nitrogens is 4. The number of benzene rings is 2. The molecule has 6 nitrogen and oxygen atoms in total. The summed E-state index contributed by atoms with van der Waals surface area (Å²) in [5.74, 6) is 1.24. The molecular weight excluding hydrogens is 409 g/mol. The Morgan fingerprint density at radius 1 is 1.00 bits per heavy atom. The van der Waals surface area contributed by atoms with Gasteiger partial charge in [0.15, 0.2) is 0 Å². The third-order valence-electron chi connectivity index (χ3n) is 4.29. The molecule has 0 atom stereocenters. The Kier molecular flexibility index (Phi) is 5.38. The van der Waals surface area contributed by atoms with Gasteiger partial charge in [-0.25, -0.2) is 14.6 Å². The van der Waals surface area contributed by atoms with Crippen molar-refractivity contribution >= 4 is 34.8 Å². The lowest BCUT2D eigenvalue weighted by Gasteiger charge is -2.07. The smallest absolute Gasteiger partial charge is 0.227 e. The predicted molar refractivity (Wildman–Crippen MR) is 116 cm³/mol. The van der Waals surface area contributed by atoms with E-state index in [0.29, 0.717) is 21.7 Å². The van der Waals surface area contributed by atoms with Crippen LogP contribution in [0.25, 0.3) is 16.9 Å². The summed E-state index contributed by atoms with van der Waals surface area (Å²) >= 11 is 12.1. The second kappa shape index (κ2) is 8.11. The zero-order valence-electron chi connectivity index (χ0n) is 15.7. The van der Waals surface area contributed by atoms with Gasteiger partial charge in [0.05, 0.1) is 24.2 Å². The number of halogens is 2. The fraction of sp³-hybridized carbons (Fsp3) is 0.0952. The van der Waals surface area contributed by atoms with Gasteiger partial charge < -0.3 is 10.1 Å². The molecular formula is C21H17Cl2N5O. The molecule has 2 aromatic heterocycles. The van der Waals surface area contributed by atoms with E-state index in [1.165, 1.54) is 0 Å². The van der Waals surface area contributed by atoms with Crippen LogP contribution < -0.4 is 10.1 Å². The Morgan fingerprint density at radius 2 is 1.72 bits per heavy atom.